The summed E-state index contributed by atoms with van der Waals surface area (Å²) in [6, 6.07) is 0. The molecule has 2 atom stereocenters. The fraction of sp³-hybridized carbons (Fsp3) is 1.00. The van der Waals surface area contributed by atoms with Gasteiger partial charge in [-0.3, -0.25) is 0 Å². The van der Waals surface area contributed by atoms with Crippen LogP contribution in [0, 0.1) is 0 Å². The third-order valence-corrected chi connectivity index (χ3v) is 1.68. The highest BCUT2D eigenvalue weighted by molar-refractivity contribution is 4.59. The van der Waals surface area contributed by atoms with E-state index in [0.717, 1.165) is 0 Å². The Morgan fingerprint density at radius 1 is 1.15 bits per heavy atom. The van der Waals surface area contributed by atoms with E-state index >= 15 is 0 Å². The van der Waals surface area contributed by atoms with Gasteiger partial charge in [0, 0.05) is 0 Å². The summed E-state index contributed by atoms with van der Waals surface area (Å²) in [4.78, 5) is 0. The average molecular weight is 190 g/mol. The number of aliphatic hydroxyl groups is 1. The second kappa shape index (κ2) is 5.58. The van der Waals surface area contributed by atoms with Crippen LogP contribution in [0.25, 0.3) is 0 Å². The molecule has 0 aliphatic carbocycles. The fourth-order valence-corrected chi connectivity index (χ4v) is 0.721. The summed E-state index contributed by atoms with van der Waals surface area (Å²) in [5, 5.41) is 9.11. The van der Waals surface area contributed by atoms with Crippen LogP contribution in [-0.4, -0.2) is 36.1 Å². The molecule has 0 bridgehead atoms. The molecule has 80 valence electrons. The van der Waals surface area contributed by atoms with Gasteiger partial charge in [0.25, 0.3) is 0 Å². The Morgan fingerprint density at radius 3 is 2.08 bits per heavy atom. The van der Waals surface area contributed by atoms with Gasteiger partial charge in [0.15, 0.2) is 0 Å². The van der Waals surface area contributed by atoms with Gasteiger partial charge in [-0.15, -0.1) is 0 Å². The fourth-order valence-electron chi connectivity index (χ4n) is 0.721. The molecule has 0 radical (unpaired) electrons. The first-order valence-electron chi connectivity index (χ1n) is 4.76. The monoisotopic (exact) mass is 190 g/mol. The maximum absolute atomic E-state index is 9.11. The van der Waals surface area contributed by atoms with Crippen molar-refractivity contribution in [3.8, 4) is 0 Å². The molecule has 0 saturated heterocycles. The quantitative estimate of drug-likeness (QED) is 0.669. The maximum atomic E-state index is 9.11. The highest BCUT2D eigenvalue weighted by Gasteiger charge is 2.11. The van der Waals surface area contributed by atoms with Crippen molar-refractivity contribution in [3.05, 3.63) is 0 Å². The van der Waals surface area contributed by atoms with E-state index in [4.69, 9.17) is 14.6 Å². The molecule has 0 spiro atoms. The Morgan fingerprint density at radius 2 is 1.69 bits per heavy atom. The van der Waals surface area contributed by atoms with Gasteiger partial charge >= 0.3 is 0 Å². The Labute approximate surface area is 81.0 Å². The van der Waals surface area contributed by atoms with Crippen molar-refractivity contribution < 1.29 is 14.6 Å². The molecule has 0 aliphatic heterocycles. The average Bonchev–Trinajstić information content (AvgIpc) is 1.95. The Hall–Kier alpha value is -0.120. The zero-order valence-corrected chi connectivity index (χ0v) is 9.33. The summed E-state index contributed by atoms with van der Waals surface area (Å²) in [6.07, 6.45) is -0.543. The number of hydrogen-bond acceptors (Lipinski definition) is 3. The molecule has 1 N–H and O–H groups in total. The van der Waals surface area contributed by atoms with Gasteiger partial charge in [-0.05, 0) is 34.6 Å². The van der Waals surface area contributed by atoms with E-state index < -0.39 is 6.10 Å². The van der Waals surface area contributed by atoms with Gasteiger partial charge in [-0.1, -0.05) is 0 Å². The number of ether oxygens (including phenoxy) is 2. The molecule has 0 fully saturated rings. The molecule has 0 heterocycles. The number of hydrogen-bond donors (Lipinski definition) is 1. The normalized spacial score (nSPS) is 17.1. The highest BCUT2D eigenvalue weighted by atomic mass is 16.5. The molecule has 0 saturated carbocycles. The van der Waals surface area contributed by atoms with Gasteiger partial charge in [0.1, 0.15) is 0 Å². The molecule has 0 aromatic rings. The van der Waals surface area contributed by atoms with E-state index in [1.54, 1.807) is 6.92 Å². The van der Waals surface area contributed by atoms with Crippen LogP contribution in [0.15, 0.2) is 0 Å². The molecule has 2 unspecified atom stereocenters. The first kappa shape index (κ1) is 12.9. The zero-order chi connectivity index (χ0) is 10.5. The van der Waals surface area contributed by atoms with E-state index in [1.807, 2.05) is 27.7 Å². The van der Waals surface area contributed by atoms with E-state index in [2.05, 4.69) is 0 Å². The van der Waals surface area contributed by atoms with Gasteiger partial charge in [-0.2, -0.15) is 0 Å². The van der Waals surface area contributed by atoms with Crippen LogP contribution in [0.4, 0.5) is 0 Å². The summed E-state index contributed by atoms with van der Waals surface area (Å²) in [5.74, 6) is 0. The van der Waals surface area contributed by atoms with Crippen LogP contribution in [0.2, 0.25) is 0 Å². The lowest BCUT2D eigenvalue weighted by atomic mass is 10.2. The topological polar surface area (TPSA) is 38.7 Å². The van der Waals surface area contributed by atoms with E-state index in [9.17, 15) is 0 Å². The minimum absolute atomic E-state index is 0.114. The van der Waals surface area contributed by atoms with Crippen molar-refractivity contribution in [2.24, 2.45) is 0 Å². The third kappa shape index (κ3) is 8.22. The second-order valence-electron chi connectivity index (χ2n) is 4.28. The van der Waals surface area contributed by atoms with Crippen LogP contribution >= 0.6 is 0 Å². The lowest BCUT2D eigenvalue weighted by Gasteiger charge is -2.21. The Bertz CT molecular complexity index is 127. The molecule has 0 aromatic heterocycles. The molecule has 0 rings (SSSR count). The predicted octanol–water partition coefficient (Wildman–Crippen LogP) is 1.59. The van der Waals surface area contributed by atoms with Crippen molar-refractivity contribution >= 4 is 0 Å². The minimum Gasteiger partial charge on any atom is -0.391 e. The smallest absolute Gasteiger partial charge is 0.0804 e. The molecular formula is C10H22O3. The molecule has 3 nitrogen and oxygen atoms in total. The summed E-state index contributed by atoms with van der Waals surface area (Å²) in [5.41, 5.74) is -0.114. The molecular weight excluding hydrogens is 168 g/mol. The van der Waals surface area contributed by atoms with Crippen LogP contribution in [-0.2, 0) is 9.47 Å². The van der Waals surface area contributed by atoms with Crippen molar-refractivity contribution in [1.82, 2.24) is 0 Å². The standard InChI is InChI=1S/C10H22O3/c1-8(11)9(2)12-6-7-13-10(3,4)5/h8-9,11H,6-7H2,1-5H3. The zero-order valence-electron chi connectivity index (χ0n) is 9.33. The van der Waals surface area contributed by atoms with Crippen LogP contribution in [0.3, 0.4) is 0 Å². The minimum atomic E-state index is -0.422. The van der Waals surface area contributed by atoms with Crippen LogP contribution < -0.4 is 0 Å². The largest absolute Gasteiger partial charge is 0.391 e. The summed E-state index contributed by atoms with van der Waals surface area (Å²) in [6.45, 7) is 10.7. The van der Waals surface area contributed by atoms with E-state index in [1.165, 1.54) is 0 Å². The van der Waals surface area contributed by atoms with Crippen molar-refractivity contribution in [3.63, 3.8) is 0 Å². The van der Waals surface area contributed by atoms with Gasteiger partial charge in [-0.25, -0.2) is 0 Å². The van der Waals surface area contributed by atoms with E-state index in [0.29, 0.717) is 13.2 Å². The lowest BCUT2D eigenvalue weighted by molar-refractivity contribution is -0.0711. The predicted molar refractivity (Wildman–Crippen MR) is 52.8 cm³/mol. The third-order valence-electron chi connectivity index (χ3n) is 1.68. The van der Waals surface area contributed by atoms with E-state index in [-0.39, 0.29) is 11.7 Å². The highest BCUT2D eigenvalue weighted by Crippen LogP contribution is 2.06. The van der Waals surface area contributed by atoms with Crippen LogP contribution in [0.1, 0.15) is 34.6 Å². The van der Waals surface area contributed by atoms with Gasteiger partial charge in [0.2, 0.25) is 0 Å². The SMILES string of the molecule is CC(O)C(C)OCCOC(C)(C)C. The second-order valence-corrected chi connectivity index (χ2v) is 4.28. The van der Waals surface area contributed by atoms with Gasteiger partial charge in [0.05, 0.1) is 31.0 Å². The summed E-state index contributed by atoms with van der Waals surface area (Å²) < 4.78 is 10.8. The van der Waals surface area contributed by atoms with Crippen molar-refractivity contribution in [2.45, 2.75) is 52.4 Å². The molecule has 3 heteroatoms. The van der Waals surface area contributed by atoms with Crippen LogP contribution in [0.5, 0.6) is 0 Å². The van der Waals surface area contributed by atoms with Crippen molar-refractivity contribution in [2.75, 3.05) is 13.2 Å². The molecule has 0 aromatic carbocycles. The maximum Gasteiger partial charge on any atom is 0.0804 e. The Kier molecular flexibility index (Phi) is 5.53. The molecule has 13 heavy (non-hydrogen) atoms. The van der Waals surface area contributed by atoms with Crippen molar-refractivity contribution in [1.29, 1.82) is 0 Å². The first-order valence-corrected chi connectivity index (χ1v) is 4.76. The van der Waals surface area contributed by atoms with Gasteiger partial charge < -0.3 is 14.6 Å². The number of rotatable bonds is 5. The Balaban J connectivity index is 3.36. The molecule has 0 amide bonds. The summed E-state index contributed by atoms with van der Waals surface area (Å²) >= 11 is 0. The first-order chi connectivity index (χ1) is 5.83. The number of aliphatic hydroxyl groups excluding tert-OH is 1. The lowest BCUT2D eigenvalue weighted by Crippen LogP contribution is -2.27. The summed E-state index contributed by atoms with van der Waals surface area (Å²) in [7, 11) is 0. The molecule has 0 aliphatic rings.